The molecule has 1 atom stereocenters. The van der Waals surface area contributed by atoms with E-state index in [1.165, 1.54) is 0 Å². The molecule has 1 aliphatic heterocycles. The van der Waals surface area contributed by atoms with Gasteiger partial charge in [-0.2, -0.15) is 0 Å². The average molecular weight is 327 g/mol. The summed E-state index contributed by atoms with van der Waals surface area (Å²) in [6.45, 7) is 1.91. The van der Waals surface area contributed by atoms with Crippen molar-refractivity contribution < 1.29 is 14.3 Å². The largest absolute Gasteiger partial charge is 0.493 e. The standard InChI is InChI=1S/C18H17NO3S/c1-13(21)19-15-8-3-5-10-17(15)23-18(19)14-7-2-4-9-16(14)22-12-6-11-20/h2-5,7-11,18H,6,12H2,1H3. The Balaban J connectivity index is 1.96. The second-order valence-electron chi connectivity index (χ2n) is 5.17. The Morgan fingerprint density at radius 3 is 2.74 bits per heavy atom. The molecule has 0 aliphatic carbocycles. The number of fused-ring (bicyclic) bond motifs is 1. The van der Waals surface area contributed by atoms with Crippen molar-refractivity contribution in [2.24, 2.45) is 0 Å². The Bertz CT molecular complexity index is 732. The molecule has 0 N–H and O–H groups in total. The highest BCUT2D eigenvalue weighted by Crippen LogP contribution is 2.52. The van der Waals surface area contributed by atoms with Crippen LogP contribution in [0.5, 0.6) is 5.75 Å². The average Bonchev–Trinajstić information content (AvgIpc) is 2.95. The number of carbonyl (C=O) groups excluding carboxylic acids is 2. The van der Waals surface area contributed by atoms with Gasteiger partial charge in [0.05, 0.1) is 12.3 Å². The van der Waals surface area contributed by atoms with E-state index < -0.39 is 0 Å². The molecule has 23 heavy (non-hydrogen) atoms. The summed E-state index contributed by atoms with van der Waals surface area (Å²) in [6, 6.07) is 15.6. The van der Waals surface area contributed by atoms with Crippen molar-refractivity contribution >= 4 is 29.6 Å². The molecule has 4 nitrogen and oxygen atoms in total. The Kier molecular flexibility index (Phi) is 4.67. The van der Waals surface area contributed by atoms with Crippen LogP contribution in [-0.4, -0.2) is 18.8 Å². The van der Waals surface area contributed by atoms with Crippen LogP contribution in [0.25, 0.3) is 0 Å². The molecule has 1 amide bonds. The normalized spacial score (nSPS) is 16.0. The number of hydrogen-bond acceptors (Lipinski definition) is 4. The highest BCUT2D eigenvalue weighted by molar-refractivity contribution is 8.00. The molecule has 0 bridgehead atoms. The van der Waals surface area contributed by atoms with Crippen LogP contribution in [0.15, 0.2) is 53.4 Å². The van der Waals surface area contributed by atoms with Gasteiger partial charge in [0.1, 0.15) is 17.4 Å². The maximum Gasteiger partial charge on any atom is 0.225 e. The lowest BCUT2D eigenvalue weighted by Crippen LogP contribution is -2.28. The van der Waals surface area contributed by atoms with Crippen molar-refractivity contribution in [3.63, 3.8) is 0 Å². The minimum absolute atomic E-state index is 0.00450. The first-order valence-corrected chi connectivity index (χ1v) is 8.31. The maximum absolute atomic E-state index is 12.2. The fourth-order valence-electron chi connectivity index (χ4n) is 2.63. The topological polar surface area (TPSA) is 46.6 Å². The highest BCUT2D eigenvalue weighted by atomic mass is 32.2. The number of anilines is 1. The molecule has 3 rings (SSSR count). The van der Waals surface area contributed by atoms with E-state index in [1.54, 1.807) is 23.6 Å². The summed E-state index contributed by atoms with van der Waals surface area (Å²) in [5.41, 5.74) is 1.87. The number of ether oxygens (including phenoxy) is 1. The van der Waals surface area contributed by atoms with Crippen LogP contribution in [-0.2, 0) is 9.59 Å². The zero-order valence-corrected chi connectivity index (χ0v) is 13.6. The lowest BCUT2D eigenvalue weighted by Gasteiger charge is -2.25. The summed E-state index contributed by atoms with van der Waals surface area (Å²) < 4.78 is 5.73. The van der Waals surface area contributed by atoms with Crippen LogP contribution in [0, 0.1) is 0 Å². The molecule has 1 heterocycles. The number of aldehydes is 1. The molecule has 0 fully saturated rings. The van der Waals surface area contributed by atoms with Crippen molar-refractivity contribution in [3.8, 4) is 5.75 Å². The van der Waals surface area contributed by atoms with Gasteiger partial charge in [-0.25, -0.2) is 0 Å². The minimum atomic E-state index is -0.155. The number of hydrogen-bond donors (Lipinski definition) is 0. The van der Waals surface area contributed by atoms with E-state index in [9.17, 15) is 9.59 Å². The zero-order valence-electron chi connectivity index (χ0n) is 12.8. The first-order chi connectivity index (χ1) is 11.2. The molecule has 118 valence electrons. The number of rotatable bonds is 5. The highest BCUT2D eigenvalue weighted by Gasteiger charge is 2.35. The smallest absolute Gasteiger partial charge is 0.225 e. The molecule has 1 unspecified atom stereocenters. The number of nitrogens with zero attached hydrogens (tertiary/aromatic N) is 1. The van der Waals surface area contributed by atoms with Crippen molar-refractivity contribution in [2.75, 3.05) is 11.5 Å². The van der Waals surface area contributed by atoms with Crippen molar-refractivity contribution in [3.05, 3.63) is 54.1 Å². The Morgan fingerprint density at radius 1 is 1.22 bits per heavy atom. The summed E-state index contributed by atoms with van der Waals surface area (Å²) in [6.07, 6.45) is 1.19. The second-order valence-corrected chi connectivity index (χ2v) is 6.29. The first kappa shape index (κ1) is 15.6. The fraction of sp³-hybridized carbons (Fsp3) is 0.222. The van der Waals surface area contributed by atoms with E-state index in [-0.39, 0.29) is 11.3 Å². The first-order valence-electron chi connectivity index (χ1n) is 7.43. The van der Waals surface area contributed by atoms with Crippen LogP contribution in [0.1, 0.15) is 24.3 Å². The third-order valence-electron chi connectivity index (χ3n) is 3.62. The van der Waals surface area contributed by atoms with Gasteiger partial charge >= 0.3 is 0 Å². The summed E-state index contributed by atoms with van der Waals surface area (Å²) in [4.78, 5) is 25.6. The van der Waals surface area contributed by atoms with Crippen LogP contribution >= 0.6 is 11.8 Å². The van der Waals surface area contributed by atoms with Crippen molar-refractivity contribution in [1.29, 1.82) is 0 Å². The molecule has 0 saturated carbocycles. The molecule has 0 aromatic heterocycles. The van der Waals surface area contributed by atoms with E-state index in [2.05, 4.69) is 0 Å². The molecule has 5 heteroatoms. The Hall–Kier alpha value is -2.27. The van der Waals surface area contributed by atoms with Crippen LogP contribution in [0.2, 0.25) is 0 Å². The summed E-state index contributed by atoms with van der Waals surface area (Å²) >= 11 is 1.63. The van der Waals surface area contributed by atoms with E-state index in [0.29, 0.717) is 18.8 Å². The van der Waals surface area contributed by atoms with Crippen LogP contribution < -0.4 is 9.64 Å². The van der Waals surface area contributed by atoms with E-state index >= 15 is 0 Å². The summed E-state index contributed by atoms with van der Waals surface area (Å²) in [5, 5.41) is -0.155. The van der Waals surface area contributed by atoms with E-state index in [4.69, 9.17) is 4.74 Å². The van der Waals surface area contributed by atoms with Gasteiger partial charge in [-0.1, -0.05) is 42.1 Å². The van der Waals surface area contributed by atoms with Crippen molar-refractivity contribution in [2.45, 2.75) is 23.6 Å². The zero-order chi connectivity index (χ0) is 16.2. The SMILES string of the molecule is CC(=O)N1c2ccccc2SC1c1ccccc1OCCC=O. The summed E-state index contributed by atoms with van der Waals surface area (Å²) in [7, 11) is 0. The quantitative estimate of drug-likeness (QED) is 0.619. The van der Waals surface area contributed by atoms with E-state index in [1.807, 2.05) is 48.5 Å². The molecule has 2 aromatic carbocycles. The maximum atomic E-state index is 12.2. The molecule has 1 aliphatic rings. The number of thioether (sulfide) groups is 1. The molecular formula is C18H17NO3S. The van der Waals surface area contributed by atoms with Crippen LogP contribution in [0.3, 0.4) is 0 Å². The third kappa shape index (κ3) is 3.10. The fourth-order valence-corrected chi connectivity index (χ4v) is 4.00. The Morgan fingerprint density at radius 2 is 1.96 bits per heavy atom. The number of amides is 1. The lowest BCUT2D eigenvalue weighted by molar-refractivity contribution is -0.116. The Labute approximate surface area is 139 Å². The predicted molar refractivity (Wildman–Crippen MR) is 90.8 cm³/mol. The number of carbonyl (C=O) groups is 2. The van der Waals surface area contributed by atoms with Gasteiger partial charge in [-0.3, -0.25) is 9.69 Å². The molecule has 2 aromatic rings. The monoisotopic (exact) mass is 327 g/mol. The molecule has 0 saturated heterocycles. The van der Waals surface area contributed by atoms with Crippen molar-refractivity contribution in [1.82, 2.24) is 0 Å². The van der Waals surface area contributed by atoms with Gasteiger partial charge in [-0.05, 0) is 18.2 Å². The van der Waals surface area contributed by atoms with E-state index in [0.717, 1.165) is 22.4 Å². The molecule has 0 radical (unpaired) electrons. The molecular weight excluding hydrogens is 310 g/mol. The lowest BCUT2D eigenvalue weighted by atomic mass is 10.1. The minimum Gasteiger partial charge on any atom is -0.493 e. The van der Waals surface area contributed by atoms with Gasteiger partial charge in [0.25, 0.3) is 0 Å². The van der Waals surface area contributed by atoms with Crippen LogP contribution in [0.4, 0.5) is 5.69 Å². The number of para-hydroxylation sites is 2. The van der Waals surface area contributed by atoms with Gasteiger partial charge < -0.3 is 9.53 Å². The number of benzene rings is 2. The van der Waals surface area contributed by atoms with Gasteiger partial charge in [0.2, 0.25) is 5.91 Å². The second kappa shape index (κ2) is 6.87. The van der Waals surface area contributed by atoms with Gasteiger partial charge in [-0.15, -0.1) is 0 Å². The third-order valence-corrected chi connectivity index (χ3v) is 4.90. The van der Waals surface area contributed by atoms with Gasteiger partial charge in [0.15, 0.2) is 0 Å². The molecule has 0 spiro atoms. The van der Waals surface area contributed by atoms with Gasteiger partial charge in [0, 0.05) is 23.8 Å². The predicted octanol–water partition coefficient (Wildman–Crippen LogP) is 3.81. The summed E-state index contributed by atoms with van der Waals surface area (Å²) in [5.74, 6) is 0.709.